The maximum atomic E-state index is 15.2. The van der Waals surface area contributed by atoms with Crippen LogP contribution in [0.5, 0.6) is 0 Å². The summed E-state index contributed by atoms with van der Waals surface area (Å²) in [6.07, 6.45) is -2.68. The van der Waals surface area contributed by atoms with E-state index in [0.29, 0.717) is 37.3 Å². The molecule has 0 aliphatic heterocycles. The van der Waals surface area contributed by atoms with Crippen LogP contribution in [-0.2, 0) is 11.3 Å². The number of aliphatic hydroxyl groups is 1. The molecule has 3 nitrogen and oxygen atoms in total. The van der Waals surface area contributed by atoms with E-state index in [9.17, 15) is 23.1 Å². The minimum atomic E-state index is -5.86. The number of rotatable bonds is 5. The van der Waals surface area contributed by atoms with Crippen molar-refractivity contribution in [3.8, 4) is 0 Å². The van der Waals surface area contributed by atoms with Gasteiger partial charge < -0.3 is 10.4 Å². The van der Waals surface area contributed by atoms with Gasteiger partial charge in [0.25, 0.3) is 0 Å². The van der Waals surface area contributed by atoms with Crippen molar-refractivity contribution in [1.29, 1.82) is 0 Å². The number of benzene rings is 2. The molecule has 2 saturated carbocycles. The van der Waals surface area contributed by atoms with Crippen molar-refractivity contribution < 1.29 is 31.9 Å². The molecule has 2 aromatic rings. The Kier molecular flexibility index (Phi) is 7.12. The average Bonchev–Trinajstić information content (AvgIpc) is 3.23. The molecule has 6 rings (SSSR count). The van der Waals surface area contributed by atoms with Crippen LogP contribution in [0.25, 0.3) is 0 Å². The zero-order chi connectivity index (χ0) is 30.1. The zero-order valence-electron chi connectivity index (χ0n) is 23.2. The fraction of sp³-hybridized carbons (Fsp3) is 0.485. The number of fused-ring (bicyclic) bond motifs is 4. The Hall–Kier alpha value is -2.71. The fourth-order valence-electron chi connectivity index (χ4n) is 8.35. The number of hydrogen-bond acceptors (Lipinski definition) is 3. The lowest BCUT2D eigenvalue weighted by molar-refractivity contribution is -0.362. The number of alkyl halides is 5. The van der Waals surface area contributed by atoms with Gasteiger partial charge in [-0.3, -0.25) is 4.79 Å². The predicted octanol–water partition coefficient (Wildman–Crippen LogP) is 8.78. The van der Waals surface area contributed by atoms with Crippen LogP contribution in [0, 0.1) is 17.3 Å². The molecule has 0 bridgehead atoms. The van der Waals surface area contributed by atoms with Crippen LogP contribution < -0.4 is 5.32 Å². The van der Waals surface area contributed by atoms with Crippen molar-refractivity contribution >= 4 is 23.1 Å². The van der Waals surface area contributed by atoms with Crippen molar-refractivity contribution in [3.05, 3.63) is 87.5 Å². The summed E-state index contributed by atoms with van der Waals surface area (Å²) in [5, 5.41) is 15.4. The van der Waals surface area contributed by atoms with Crippen molar-refractivity contribution in [1.82, 2.24) is 0 Å². The molecule has 42 heavy (non-hydrogen) atoms. The van der Waals surface area contributed by atoms with E-state index >= 15 is 8.78 Å². The van der Waals surface area contributed by atoms with E-state index in [0.717, 1.165) is 33.5 Å². The Labute approximate surface area is 246 Å². The van der Waals surface area contributed by atoms with E-state index in [1.165, 1.54) is 6.92 Å². The summed E-state index contributed by atoms with van der Waals surface area (Å²) < 4.78 is 71.6. The summed E-state index contributed by atoms with van der Waals surface area (Å²) in [5.74, 6) is -6.39. The molecule has 2 N–H and O–H groups in total. The molecule has 4 aliphatic rings. The molecule has 2 fully saturated rings. The Morgan fingerprint density at radius 2 is 1.67 bits per heavy atom. The molecule has 0 amide bonds. The topological polar surface area (TPSA) is 49.3 Å². The summed E-state index contributed by atoms with van der Waals surface area (Å²) in [6, 6.07) is 15.0. The average molecular weight is 606 g/mol. The van der Waals surface area contributed by atoms with Crippen molar-refractivity contribution in [3.63, 3.8) is 0 Å². The highest BCUT2D eigenvalue weighted by Crippen LogP contribution is 2.70. The molecule has 0 aromatic heterocycles. The molecule has 0 spiro atoms. The van der Waals surface area contributed by atoms with Crippen LogP contribution >= 0.6 is 11.6 Å². The second kappa shape index (κ2) is 10.2. The Balaban J connectivity index is 1.39. The van der Waals surface area contributed by atoms with E-state index in [1.807, 2.05) is 36.4 Å². The second-order valence-corrected chi connectivity index (χ2v) is 13.0. The number of allylic oxidation sites excluding steroid dienone is 4. The van der Waals surface area contributed by atoms with Gasteiger partial charge in [0, 0.05) is 35.0 Å². The summed E-state index contributed by atoms with van der Waals surface area (Å²) in [5.41, 5.74) is 0.896. The molecule has 9 heteroatoms. The third-order valence-corrected chi connectivity index (χ3v) is 10.7. The Bertz CT molecular complexity index is 1450. The first-order valence-corrected chi connectivity index (χ1v) is 14.8. The molecule has 4 aliphatic carbocycles. The SMILES string of the molecule is C[C@]12C[C@H](c3ccc(CNc4ccc(Cl)cc4)cc3)C3=C4CCC(=O)C=C4CC[C@H]3[C@@H]1CC[C@]2(O)C(F)(F)C(F)(F)F. The largest absolute Gasteiger partial charge is 0.456 e. The van der Waals surface area contributed by atoms with Crippen molar-refractivity contribution in [2.75, 3.05) is 5.32 Å². The highest BCUT2D eigenvalue weighted by Gasteiger charge is 2.79. The smallest absolute Gasteiger partial charge is 0.383 e. The zero-order valence-corrected chi connectivity index (χ0v) is 24.0. The maximum absolute atomic E-state index is 15.2. The molecule has 0 radical (unpaired) electrons. The van der Waals surface area contributed by atoms with Gasteiger partial charge in [-0.25, -0.2) is 0 Å². The van der Waals surface area contributed by atoms with Gasteiger partial charge in [-0.05, 0) is 103 Å². The first-order valence-electron chi connectivity index (χ1n) is 14.5. The number of carbonyl (C=O) groups is 1. The van der Waals surface area contributed by atoms with Gasteiger partial charge in [0.2, 0.25) is 0 Å². The highest BCUT2D eigenvalue weighted by atomic mass is 35.5. The van der Waals surface area contributed by atoms with Gasteiger partial charge in [0.1, 0.15) is 5.60 Å². The molecular formula is C33H33ClF5NO2. The number of carbonyl (C=O) groups excluding carboxylic acids is 1. The van der Waals surface area contributed by atoms with Crippen molar-refractivity contribution in [2.24, 2.45) is 17.3 Å². The molecule has 2 aromatic carbocycles. The molecule has 224 valence electrons. The maximum Gasteiger partial charge on any atom is 0.456 e. The number of anilines is 1. The third-order valence-electron chi connectivity index (χ3n) is 10.5. The van der Waals surface area contributed by atoms with Crippen LogP contribution in [0.2, 0.25) is 5.02 Å². The van der Waals surface area contributed by atoms with Gasteiger partial charge in [-0.15, -0.1) is 0 Å². The second-order valence-electron chi connectivity index (χ2n) is 12.6. The van der Waals surface area contributed by atoms with Gasteiger partial charge in [-0.1, -0.05) is 48.4 Å². The number of nitrogens with one attached hydrogen (secondary N) is 1. The lowest BCUT2D eigenvalue weighted by atomic mass is 9.50. The van der Waals surface area contributed by atoms with Crippen LogP contribution in [0.1, 0.15) is 68.9 Å². The summed E-state index contributed by atoms with van der Waals surface area (Å²) in [7, 11) is 0. The number of ketones is 1. The number of halogens is 6. The summed E-state index contributed by atoms with van der Waals surface area (Å²) in [4.78, 5) is 12.2. The minimum absolute atomic E-state index is 0.0290. The summed E-state index contributed by atoms with van der Waals surface area (Å²) >= 11 is 5.96. The number of hydrogen-bond donors (Lipinski definition) is 2. The monoisotopic (exact) mass is 605 g/mol. The summed E-state index contributed by atoms with van der Waals surface area (Å²) in [6.45, 7) is 1.97. The van der Waals surface area contributed by atoms with E-state index < -0.39 is 41.4 Å². The molecule has 5 atom stereocenters. The molecule has 0 heterocycles. The fourth-order valence-corrected chi connectivity index (χ4v) is 8.48. The molecule has 0 saturated heterocycles. The standard InChI is InChI=1S/C33H33ClF5NO2/c1-30-17-27(20-4-2-19(3-5-20)18-40-23-9-7-22(34)8-10-23)29-25-13-11-24(41)16-21(25)6-12-26(29)28(30)14-15-31(30,42)32(35,36)33(37,38)39/h2-5,7-10,16,26-28,40,42H,6,11-15,17-18H2,1H3/t26-,27+,28-,30-,31+/m0/s1. The van der Waals surface area contributed by atoms with Crippen LogP contribution in [0.4, 0.5) is 27.6 Å². The highest BCUT2D eigenvalue weighted by molar-refractivity contribution is 6.30. The predicted molar refractivity (Wildman–Crippen MR) is 151 cm³/mol. The van der Waals surface area contributed by atoms with Crippen molar-refractivity contribution in [2.45, 2.75) is 82.0 Å². The van der Waals surface area contributed by atoms with Gasteiger partial charge in [-0.2, -0.15) is 22.0 Å². The van der Waals surface area contributed by atoms with Crippen LogP contribution in [-0.4, -0.2) is 28.6 Å². The van der Waals surface area contributed by atoms with E-state index in [2.05, 4.69) is 5.32 Å². The third kappa shape index (κ3) is 4.52. The van der Waals surface area contributed by atoms with E-state index in [1.54, 1.807) is 18.2 Å². The van der Waals surface area contributed by atoms with E-state index in [4.69, 9.17) is 11.6 Å². The first-order chi connectivity index (χ1) is 19.7. The Morgan fingerprint density at radius 3 is 2.33 bits per heavy atom. The lowest BCUT2D eigenvalue weighted by Crippen LogP contribution is -2.65. The van der Waals surface area contributed by atoms with Gasteiger partial charge in [0.15, 0.2) is 5.78 Å². The quantitative estimate of drug-likeness (QED) is 0.335. The molecule has 0 unspecified atom stereocenters. The minimum Gasteiger partial charge on any atom is -0.383 e. The lowest BCUT2D eigenvalue weighted by Gasteiger charge is -2.56. The Morgan fingerprint density at radius 1 is 0.976 bits per heavy atom. The van der Waals surface area contributed by atoms with E-state index in [-0.39, 0.29) is 24.5 Å². The van der Waals surface area contributed by atoms with Gasteiger partial charge >= 0.3 is 12.1 Å². The normalized spacial score (nSPS) is 31.3. The van der Waals surface area contributed by atoms with Gasteiger partial charge in [0.05, 0.1) is 0 Å². The first kappa shape index (κ1) is 29.4. The van der Waals surface area contributed by atoms with Crippen LogP contribution in [0.15, 0.2) is 71.3 Å². The molecular weight excluding hydrogens is 573 g/mol. The van der Waals surface area contributed by atoms with Crippen LogP contribution in [0.3, 0.4) is 0 Å².